The Morgan fingerprint density at radius 3 is 2.62 bits per heavy atom. The van der Waals surface area contributed by atoms with Crippen LogP contribution < -0.4 is 5.32 Å². The highest BCUT2D eigenvalue weighted by molar-refractivity contribution is 5.79. The molecule has 0 aromatic heterocycles. The average molecular weight is 304 g/mol. The van der Waals surface area contributed by atoms with E-state index in [0.29, 0.717) is 38.6 Å². The summed E-state index contributed by atoms with van der Waals surface area (Å²) in [6.45, 7) is 2.68. The molecule has 1 saturated carbocycles. The minimum Gasteiger partial charge on any atom is -0.383 e. The molecule has 0 bridgehead atoms. The van der Waals surface area contributed by atoms with E-state index >= 15 is 0 Å². The van der Waals surface area contributed by atoms with Gasteiger partial charge in [-0.15, -0.1) is 0 Å². The maximum Gasteiger partial charge on any atom is 0.248 e. The van der Waals surface area contributed by atoms with Crippen molar-refractivity contribution in [2.75, 3.05) is 33.4 Å². The monoisotopic (exact) mass is 304 g/mol. The van der Waals surface area contributed by atoms with Gasteiger partial charge in [0, 0.05) is 45.0 Å². The predicted octanol–water partition coefficient (Wildman–Crippen LogP) is 2.04. The minimum atomic E-state index is -2.58. The second-order valence-electron chi connectivity index (χ2n) is 6.20. The van der Waals surface area contributed by atoms with Crippen LogP contribution in [0.1, 0.15) is 38.5 Å². The van der Waals surface area contributed by atoms with Gasteiger partial charge in [-0.05, 0) is 32.2 Å². The highest BCUT2D eigenvalue weighted by Crippen LogP contribution is 2.36. The molecule has 1 aliphatic carbocycles. The van der Waals surface area contributed by atoms with E-state index in [-0.39, 0.29) is 24.7 Å². The fourth-order valence-electron chi connectivity index (χ4n) is 3.22. The van der Waals surface area contributed by atoms with Crippen molar-refractivity contribution in [2.24, 2.45) is 5.92 Å². The van der Waals surface area contributed by atoms with Crippen LogP contribution in [-0.2, 0) is 9.53 Å². The van der Waals surface area contributed by atoms with E-state index in [1.165, 1.54) is 0 Å². The van der Waals surface area contributed by atoms with Gasteiger partial charge in [0.1, 0.15) is 0 Å². The van der Waals surface area contributed by atoms with Crippen LogP contribution >= 0.6 is 0 Å². The fourth-order valence-corrected chi connectivity index (χ4v) is 3.22. The summed E-state index contributed by atoms with van der Waals surface area (Å²) in [5.41, 5.74) is 0. The van der Waals surface area contributed by atoms with E-state index in [2.05, 4.69) is 5.32 Å². The summed E-state index contributed by atoms with van der Waals surface area (Å²) < 4.78 is 31.5. The smallest absolute Gasteiger partial charge is 0.248 e. The van der Waals surface area contributed by atoms with Gasteiger partial charge in [-0.2, -0.15) is 0 Å². The summed E-state index contributed by atoms with van der Waals surface area (Å²) in [6.07, 6.45) is 2.47. The van der Waals surface area contributed by atoms with Crippen LogP contribution in [0.3, 0.4) is 0 Å². The molecule has 0 aromatic carbocycles. The zero-order chi connectivity index (χ0) is 15.3. The average Bonchev–Trinajstić information content (AvgIpc) is 2.95. The lowest BCUT2D eigenvalue weighted by molar-refractivity contribution is -0.140. The number of hydrogen-bond donors (Lipinski definition) is 1. The second-order valence-corrected chi connectivity index (χ2v) is 6.20. The van der Waals surface area contributed by atoms with Gasteiger partial charge < -0.3 is 15.0 Å². The van der Waals surface area contributed by atoms with Crippen LogP contribution in [0.15, 0.2) is 0 Å². The van der Waals surface area contributed by atoms with Crippen molar-refractivity contribution >= 4 is 5.91 Å². The van der Waals surface area contributed by atoms with Gasteiger partial charge in [0.05, 0.1) is 6.61 Å². The number of ether oxygens (including phenoxy) is 1. The van der Waals surface area contributed by atoms with Crippen LogP contribution in [0.4, 0.5) is 8.78 Å². The molecule has 1 heterocycles. The predicted molar refractivity (Wildman–Crippen MR) is 76.4 cm³/mol. The summed E-state index contributed by atoms with van der Waals surface area (Å²) in [7, 11) is 1.61. The van der Waals surface area contributed by atoms with Gasteiger partial charge in [0.2, 0.25) is 11.8 Å². The van der Waals surface area contributed by atoms with Crippen LogP contribution in [0.25, 0.3) is 0 Å². The number of carbonyl (C=O) groups is 1. The topological polar surface area (TPSA) is 41.6 Å². The van der Waals surface area contributed by atoms with Gasteiger partial charge in [-0.3, -0.25) is 4.79 Å². The largest absolute Gasteiger partial charge is 0.383 e. The van der Waals surface area contributed by atoms with E-state index in [9.17, 15) is 13.6 Å². The van der Waals surface area contributed by atoms with Crippen molar-refractivity contribution in [3.05, 3.63) is 0 Å². The molecule has 21 heavy (non-hydrogen) atoms. The van der Waals surface area contributed by atoms with Gasteiger partial charge >= 0.3 is 0 Å². The Hall–Kier alpha value is -0.750. The minimum absolute atomic E-state index is 0.0243. The molecule has 1 amide bonds. The third-order valence-corrected chi connectivity index (χ3v) is 4.55. The van der Waals surface area contributed by atoms with Crippen molar-refractivity contribution in [3.8, 4) is 0 Å². The highest BCUT2D eigenvalue weighted by atomic mass is 19.3. The van der Waals surface area contributed by atoms with E-state index in [1.54, 1.807) is 12.0 Å². The summed E-state index contributed by atoms with van der Waals surface area (Å²) in [5, 5.41) is 3.38. The Labute approximate surface area is 125 Å². The van der Waals surface area contributed by atoms with Gasteiger partial charge in [0.25, 0.3) is 0 Å². The zero-order valence-electron chi connectivity index (χ0n) is 12.7. The lowest BCUT2D eigenvalue weighted by Crippen LogP contribution is -2.46. The SMILES string of the molecule is COCCN(CC1CCCN1)C(=O)C1CCC(F)(F)CC1. The summed E-state index contributed by atoms with van der Waals surface area (Å²) in [6, 6.07) is 0.329. The number of nitrogens with one attached hydrogen (secondary N) is 1. The molecule has 1 unspecified atom stereocenters. The molecule has 1 aliphatic heterocycles. The molecular formula is C15H26F2N2O2. The first-order valence-corrected chi connectivity index (χ1v) is 7.91. The molecule has 2 rings (SSSR count). The molecule has 0 spiro atoms. The molecule has 4 nitrogen and oxygen atoms in total. The third kappa shape index (κ3) is 4.88. The van der Waals surface area contributed by atoms with Gasteiger partial charge in [-0.25, -0.2) is 8.78 Å². The van der Waals surface area contributed by atoms with Crippen molar-refractivity contribution in [1.29, 1.82) is 0 Å². The van der Waals surface area contributed by atoms with Crippen LogP contribution in [-0.4, -0.2) is 56.1 Å². The fraction of sp³-hybridized carbons (Fsp3) is 0.933. The normalized spacial score (nSPS) is 26.0. The molecule has 0 radical (unpaired) electrons. The number of hydrogen-bond acceptors (Lipinski definition) is 3. The Morgan fingerprint density at radius 1 is 1.33 bits per heavy atom. The first kappa shape index (κ1) is 16.6. The summed E-state index contributed by atoms with van der Waals surface area (Å²) >= 11 is 0. The zero-order valence-corrected chi connectivity index (χ0v) is 12.7. The number of carbonyl (C=O) groups excluding carboxylic acids is 1. The number of nitrogens with zero attached hydrogens (tertiary/aromatic N) is 1. The van der Waals surface area contributed by atoms with Gasteiger partial charge in [0.15, 0.2) is 0 Å². The Bertz CT molecular complexity index is 337. The molecule has 1 saturated heterocycles. The molecule has 2 fully saturated rings. The second kappa shape index (κ2) is 7.49. The lowest BCUT2D eigenvalue weighted by Gasteiger charge is -2.33. The van der Waals surface area contributed by atoms with Gasteiger partial charge in [-0.1, -0.05) is 0 Å². The first-order valence-electron chi connectivity index (χ1n) is 7.91. The Kier molecular flexibility index (Phi) is 5.93. The lowest BCUT2D eigenvalue weighted by atomic mass is 9.86. The number of halogens is 2. The number of rotatable bonds is 6. The van der Waals surface area contributed by atoms with E-state index < -0.39 is 5.92 Å². The number of alkyl halides is 2. The third-order valence-electron chi connectivity index (χ3n) is 4.55. The molecule has 0 aromatic rings. The molecule has 6 heteroatoms. The molecule has 2 aliphatic rings. The summed E-state index contributed by atoms with van der Waals surface area (Å²) in [5.74, 6) is -2.81. The Morgan fingerprint density at radius 2 is 2.05 bits per heavy atom. The van der Waals surface area contributed by atoms with Crippen molar-refractivity contribution in [3.63, 3.8) is 0 Å². The Balaban J connectivity index is 1.90. The molecule has 1 atom stereocenters. The maximum absolute atomic E-state index is 13.2. The van der Waals surface area contributed by atoms with Crippen molar-refractivity contribution in [2.45, 2.75) is 50.5 Å². The van der Waals surface area contributed by atoms with Crippen LogP contribution in [0, 0.1) is 5.92 Å². The molecule has 1 N–H and O–H groups in total. The highest BCUT2D eigenvalue weighted by Gasteiger charge is 2.38. The number of methoxy groups -OCH3 is 1. The van der Waals surface area contributed by atoms with Crippen molar-refractivity contribution < 1.29 is 18.3 Å². The van der Waals surface area contributed by atoms with Crippen LogP contribution in [0.5, 0.6) is 0 Å². The molecular weight excluding hydrogens is 278 g/mol. The molecule has 122 valence electrons. The van der Waals surface area contributed by atoms with E-state index in [1.807, 2.05) is 0 Å². The van der Waals surface area contributed by atoms with Crippen LogP contribution in [0.2, 0.25) is 0 Å². The quantitative estimate of drug-likeness (QED) is 0.816. The maximum atomic E-state index is 13.2. The van der Waals surface area contributed by atoms with E-state index in [4.69, 9.17) is 4.74 Å². The standard InChI is InChI=1S/C15H26F2N2O2/c1-21-10-9-19(11-13-3-2-8-18-13)14(20)12-4-6-15(16,17)7-5-12/h12-13,18H,2-11H2,1H3. The number of amides is 1. The van der Waals surface area contributed by atoms with Crippen molar-refractivity contribution in [1.82, 2.24) is 10.2 Å². The van der Waals surface area contributed by atoms with E-state index in [0.717, 1.165) is 19.4 Å². The first-order chi connectivity index (χ1) is 10.0. The summed E-state index contributed by atoms with van der Waals surface area (Å²) in [4.78, 5) is 14.4.